The van der Waals surface area contributed by atoms with Gasteiger partial charge in [0, 0.05) is 30.4 Å². The lowest BCUT2D eigenvalue weighted by molar-refractivity contribution is 0.0198. The molecular weight excluding hydrogens is 324 g/mol. The molecule has 1 aliphatic heterocycles. The van der Waals surface area contributed by atoms with Crippen LogP contribution in [0.4, 0.5) is 8.78 Å². The summed E-state index contributed by atoms with van der Waals surface area (Å²) >= 11 is 0. The van der Waals surface area contributed by atoms with Crippen molar-refractivity contribution in [1.82, 2.24) is 9.47 Å². The van der Waals surface area contributed by atoms with Gasteiger partial charge in [-0.2, -0.15) is 14.0 Å². The molecule has 1 saturated heterocycles. The van der Waals surface area contributed by atoms with E-state index in [0.29, 0.717) is 11.3 Å². The molecule has 0 bridgehead atoms. The number of benzene rings is 1. The van der Waals surface area contributed by atoms with Crippen LogP contribution < -0.4 is 0 Å². The summed E-state index contributed by atoms with van der Waals surface area (Å²) < 4.78 is 32.5. The molecule has 3 rings (SSSR count). The van der Waals surface area contributed by atoms with E-state index in [9.17, 15) is 8.78 Å². The van der Waals surface area contributed by atoms with Gasteiger partial charge in [0.05, 0.1) is 13.2 Å². The van der Waals surface area contributed by atoms with Crippen molar-refractivity contribution in [3.05, 3.63) is 47.3 Å². The fourth-order valence-electron chi connectivity index (χ4n) is 3.37. The number of aromatic nitrogens is 1. The Kier molecular flexibility index (Phi) is 5.16. The monoisotopic (exact) mass is 345 g/mol. The van der Waals surface area contributed by atoms with Gasteiger partial charge < -0.3 is 4.74 Å². The molecule has 1 aromatic carbocycles. The molecule has 1 atom stereocenters. The van der Waals surface area contributed by atoms with Crippen LogP contribution in [0, 0.1) is 18.3 Å². The molecule has 2 aromatic rings. The van der Waals surface area contributed by atoms with Gasteiger partial charge in [-0.15, -0.1) is 0 Å². The van der Waals surface area contributed by atoms with Crippen molar-refractivity contribution in [2.75, 3.05) is 26.3 Å². The maximum Gasteiger partial charge on any atom is 0.319 e. The van der Waals surface area contributed by atoms with Gasteiger partial charge >= 0.3 is 6.55 Å². The average molecular weight is 345 g/mol. The second-order valence-corrected chi connectivity index (χ2v) is 6.23. The number of morpholine rings is 1. The molecule has 1 aliphatic rings. The van der Waals surface area contributed by atoms with Crippen molar-refractivity contribution in [3.63, 3.8) is 0 Å². The summed E-state index contributed by atoms with van der Waals surface area (Å²) in [5, 5.41) is 9.09. The second kappa shape index (κ2) is 7.34. The first-order valence-electron chi connectivity index (χ1n) is 8.35. The molecule has 132 valence electrons. The van der Waals surface area contributed by atoms with E-state index in [2.05, 4.69) is 11.8 Å². The van der Waals surface area contributed by atoms with Crippen LogP contribution in [0.25, 0.3) is 11.1 Å². The summed E-state index contributed by atoms with van der Waals surface area (Å²) in [6.45, 7) is 4.37. The van der Waals surface area contributed by atoms with Gasteiger partial charge in [0.25, 0.3) is 0 Å². The van der Waals surface area contributed by atoms with Gasteiger partial charge in [-0.3, -0.25) is 9.47 Å². The highest BCUT2D eigenvalue weighted by atomic mass is 19.3. The van der Waals surface area contributed by atoms with Crippen molar-refractivity contribution < 1.29 is 13.5 Å². The van der Waals surface area contributed by atoms with E-state index in [1.54, 1.807) is 6.92 Å². The zero-order valence-corrected chi connectivity index (χ0v) is 14.4. The Bertz CT molecular complexity index is 771. The summed E-state index contributed by atoms with van der Waals surface area (Å²) in [5.41, 5.74) is 3.07. The van der Waals surface area contributed by atoms with Crippen LogP contribution in [0.3, 0.4) is 0 Å². The summed E-state index contributed by atoms with van der Waals surface area (Å²) in [6.07, 6.45) is 0. The van der Waals surface area contributed by atoms with E-state index in [1.807, 2.05) is 30.3 Å². The van der Waals surface area contributed by atoms with Crippen molar-refractivity contribution in [1.29, 1.82) is 5.26 Å². The minimum absolute atomic E-state index is 0.0201. The predicted octanol–water partition coefficient (Wildman–Crippen LogP) is 4.12. The SMILES string of the molecule is Cc1c(-c2ccc([C@H](C)N3CCOCC3)cc2)cc(C#N)n1C(F)F. The third-order valence-electron chi connectivity index (χ3n) is 4.90. The summed E-state index contributed by atoms with van der Waals surface area (Å²) in [5.74, 6) is 0. The van der Waals surface area contributed by atoms with Crippen LogP contribution in [0.5, 0.6) is 0 Å². The van der Waals surface area contributed by atoms with Crippen molar-refractivity contribution in [2.24, 2.45) is 0 Å². The molecule has 0 spiro atoms. The third-order valence-corrected chi connectivity index (χ3v) is 4.90. The van der Waals surface area contributed by atoms with E-state index in [0.717, 1.165) is 36.4 Å². The zero-order valence-electron chi connectivity index (χ0n) is 14.4. The largest absolute Gasteiger partial charge is 0.379 e. The molecule has 4 nitrogen and oxygen atoms in total. The number of hydrogen-bond donors (Lipinski definition) is 0. The molecule has 2 heterocycles. The smallest absolute Gasteiger partial charge is 0.319 e. The first kappa shape index (κ1) is 17.6. The number of alkyl halides is 2. The molecular formula is C19H21F2N3O. The zero-order chi connectivity index (χ0) is 18.0. The number of ether oxygens (including phenoxy) is 1. The van der Waals surface area contributed by atoms with Crippen LogP contribution in [0.1, 0.15) is 36.5 Å². The van der Waals surface area contributed by atoms with Gasteiger partial charge in [-0.05, 0) is 31.0 Å². The quantitative estimate of drug-likeness (QED) is 0.837. The van der Waals surface area contributed by atoms with E-state index < -0.39 is 6.55 Å². The van der Waals surface area contributed by atoms with Gasteiger partial charge in [-0.25, -0.2) is 0 Å². The standard InChI is InChI=1S/C19H21F2N3O/c1-13(23-7-9-25-10-8-23)15-3-5-16(6-4-15)18-11-17(12-22)24(14(18)2)19(20)21/h3-6,11,13,19H,7-10H2,1-2H3/t13-/m0/s1. The van der Waals surface area contributed by atoms with Gasteiger partial charge in [-0.1, -0.05) is 24.3 Å². The van der Waals surface area contributed by atoms with Gasteiger partial charge in [0.1, 0.15) is 11.8 Å². The summed E-state index contributed by atoms with van der Waals surface area (Å²) in [7, 11) is 0. The molecule has 0 N–H and O–H groups in total. The van der Waals surface area contributed by atoms with Crippen molar-refractivity contribution in [2.45, 2.75) is 26.4 Å². The molecule has 0 unspecified atom stereocenters. The summed E-state index contributed by atoms with van der Waals surface area (Å²) in [6, 6.07) is 11.6. The van der Waals surface area contributed by atoms with E-state index >= 15 is 0 Å². The lowest BCUT2D eigenvalue weighted by Gasteiger charge is -2.32. The molecule has 1 aromatic heterocycles. The highest BCUT2D eigenvalue weighted by Crippen LogP contribution is 2.31. The molecule has 0 saturated carbocycles. The molecule has 25 heavy (non-hydrogen) atoms. The Morgan fingerprint density at radius 2 is 1.80 bits per heavy atom. The number of nitriles is 1. The molecule has 0 radical (unpaired) electrons. The molecule has 0 amide bonds. The highest BCUT2D eigenvalue weighted by molar-refractivity contribution is 5.68. The van der Waals surface area contributed by atoms with Crippen molar-refractivity contribution in [3.8, 4) is 17.2 Å². The lowest BCUT2D eigenvalue weighted by atomic mass is 10.0. The minimum atomic E-state index is -2.72. The maximum atomic E-state index is 13.2. The Hall–Kier alpha value is -2.23. The normalized spacial score (nSPS) is 16.8. The summed E-state index contributed by atoms with van der Waals surface area (Å²) in [4.78, 5) is 2.37. The third kappa shape index (κ3) is 3.44. The Morgan fingerprint density at radius 3 is 2.32 bits per heavy atom. The Balaban J connectivity index is 1.87. The van der Waals surface area contributed by atoms with E-state index in [-0.39, 0.29) is 11.7 Å². The lowest BCUT2D eigenvalue weighted by Crippen LogP contribution is -2.37. The Morgan fingerprint density at radius 1 is 1.16 bits per heavy atom. The van der Waals surface area contributed by atoms with Crippen LogP contribution >= 0.6 is 0 Å². The fourth-order valence-corrected chi connectivity index (χ4v) is 3.37. The maximum absolute atomic E-state index is 13.2. The predicted molar refractivity (Wildman–Crippen MR) is 91.4 cm³/mol. The van der Waals surface area contributed by atoms with Crippen LogP contribution in [0.2, 0.25) is 0 Å². The number of hydrogen-bond acceptors (Lipinski definition) is 3. The second-order valence-electron chi connectivity index (χ2n) is 6.23. The van der Waals surface area contributed by atoms with E-state index in [4.69, 9.17) is 10.00 Å². The topological polar surface area (TPSA) is 41.2 Å². The molecule has 6 heteroatoms. The highest BCUT2D eigenvalue weighted by Gasteiger charge is 2.20. The number of halogens is 2. The first-order valence-corrected chi connectivity index (χ1v) is 8.35. The van der Waals surface area contributed by atoms with Gasteiger partial charge in [0.2, 0.25) is 0 Å². The molecule has 0 aliphatic carbocycles. The molecule has 1 fully saturated rings. The first-order chi connectivity index (χ1) is 12.0. The van der Waals surface area contributed by atoms with E-state index in [1.165, 1.54) is 11.6 Å². The fraction of sp³-hybridized carbons (Fsp3) is 0.421. The number of rotatable bonds is 4. The van der Waals surface area contributed by atoms with Crippen LogP contribution in [0.15, 0.2) is 30.3 Å². The van der Waals surface area contributed by atoms with Crippen LogP contribution in [-0.2, 0) is 4.74 Å². The number of nitrogens with zero attached hydrogens (tertiary/aromatic N) is 3. The average Bonchev–Trinajstić information content (AvgIpc) is 2.98. The van der Waals surface area contributed by atoms with Crippen LogP contribution in [-0.4, -0.2) is 35.8 Å². The minimum Gasteiger partial charge on any atom is -0.379 e. The Labute approximate surface area is 146 Å². The van der Waals surface area contributed by atoms with Crippen molar-refractivity contribution >= 4 is 0 Å². The van der Waals surface area contributed by atoms with Gasteiger partial charge in [0.15, 0.2) is 0 Å².